The number of oxazole rings is 1. The third-order valence-corrected chi connectivity index (χ3v) is 1.70. The number of benzene rings is 1. The van der Waals surface area contributed by atoms with Crippen LogP contribution in [0.4, 0.5) is 4.39 Å². The van der Waals surface area contributed by atoms with Crippen LogP contribution in [-0.4, -0.2) is 4.98 Å². The van der Waals surface area contributed by atoms with Crippen LogP contribution in [0, 0.1) is 19.7 Å². The topological polar surface area (TPSA) is 26.0 Å². The van der Waals surface area contributed by atoms with Crippen molar-refractivity contribution in [3.05, 3.63) is 29.4 Å². The van der Waals surface area contributed by atoms with Crippen molar-refractivity contribution in [2.45, 2.75) is 13.8 Å². The van der Waals surface area contributed by atoms with Gasteiger partial charge in [0.15, 0.2) is 17.3 Å². The van der Waals surface area contributed by atoms with Gasteiger partial charge in [-0.1, -0.05) is 0 Å². The maximum Gasteiger partial charge on any atom is 0.192 e. The van der Waals surface area contributed by atoms with Crippen molar-refractivity contribution in [3.8, 4) is 0 Å². The van der Waals surface area contributed by atoms with Crippen LogP contribution < -0.4 is 0 Å². The first-order valence-electron chi connectivity index (χ1n) is 3.70. The van der Waals surface area contributed by atoms with Crippen molar-refractivity contribution in [2.24, 2.45) is 0 Å². The average molecular weight is 165 g/mol. The zero-order valence-electron chi connectivity index (χ0n) is 6.89. The molecule has 0 N–H and O–H groups in total. The van der Waals surface area contributed by atoms with E-state index in [1.807, 2.05) is 6.92 Å². The fourth-order valence-corrected chi connectivity index (χ4v) is 1.23. The lowest BCUT2D eigenvalue weighted by atomic mass is 10.2. The van der Waals surface area contributed by atoms with Gasteiger partial charge in [0, 0.05) is 6.92 Å². The predicted octanol–water partition coefficient (Wildman–Crippen LogP) is 2.58. The van der Waals surface area contributed by atoms with E-state index in [2.05, 4.69) is 4.98 Å². The number of nitrogens with zero attached hydrogens (tertiary/aromatic N) is 1. The molecule has 12 heavy (non-hydrogen) atoms. The molecule has 0 radical (unpaired) electrons. The highest BCUT2D eigenvalue weighted by Crippen LogP contribution is 2.19. The summed E-state index contributed by atoms with van der Waals surface area (Å²) >= 11 is 0. The first-order chi connectivity index (χ1) is 5.66. The lowest BCUT2D eigenvalue weighted by Gasteiger charge is -1.91. The number of rotatable bonds is 0. The van der Waals surface area contributed by atoms with Gasteiger partial charge in [0.05, 0.1) is 0 Å². The van der Waals surface area contributed by atoms with Gasteiger partial charge >= 0.3 is 0 Å². The Labute approximate surface area is 69.0 Å². The Morgan fingerprint density at radius 1 is 1.33 bits per heavy atom. The van der Waals surface area contributed by atoms with Crippen LogP contribution in [0.1, 0.15) is 11.5 Å². The Bertz CT molecular complexity index is 433. The SMILES string of the molecule is Cc1cc(F)c2nc(C)oc2c1. The van der Waals surface area contributed by atoms with Gasteiger partial charge < -0.3 is 4.42 Å². The molecule has 0 amide bonds. The van der Waals surface area contributed by atoms with E-state index in [1.54, 1.807) is 13.0 Å². The molecule has 0 bridgehead atoms. The summed E-state index contributed by atoms with van der Waals surface area (Å²) in [7, 11) is 0. The Morgan fingerprint density at radius 3 is 2.83 bits per heavy atom. The van der Waals surface area contributed by atoms with E-state index >= 15 is 0 Å². The summed E-state index contributed by atoms with van der Waals surface area (Å²) < 4.78 is 18.3. The number of halogens is 1. The van der Waals surface area contributed by atoms with Gasteiger partial charge in [-0.3, -0.25) is 0 Å². The summed E-state index contributed by atoms with van der Waals surface area (Å²) in [6.07, 6.45) is 0. The maximum atomic E-state index is 13.1. The van der Waals surface area contributed by atoms with E-state index in [9.17, 15) is 4.39 Å². The molecule has 0 aliphatic rings. The van der Waals surface area contributed by atoms with E-state index in [1.165, 1.54) is 6.07 Å². The number of hydrogen-bond donors (Lipinski definition) is 0. The smallest absolute Gasteiger partial charge is 0.192 e. The Hall–Kier alpha value is -1.38. The van der Waals surface area contributed by atoms with Crippen LogP contribution in [0.2, 0.25) is 0 Å². The lowest BCUT2D eigenvalue weighted by molar-refractivity contribution is 0.560. The highest BCUT2D eigenvalue weighted by Gasteiger charge is 2.07. The molecule has 0 unspecified atom stereocenters. The fourth-order valence-electron chi connectivity index (χ4n) is 1.23. The first-order valence-corrected chi connectivity index (χ1v) is 3.70. The van der Waals surface area contributed by atoms with Gasteiger partial charge in [0.1, 0.15) is 5.52 Å². The molecule has 2 nitrogen and oxygen atoms in total. The summed E-state index contributed by atoms with van der Waals surface area (Å²) in [5, 5.41) is 0. The average Bonchev–Trinajstić information content (AvgIpc) is 2.29. The minimum Gasteiger partial charge on any atom is -0.441 e. The molecule has 2 aromatic rings. The van der Waals surface area contributed by atoms with Crippen molar-refractivity contribution < 1.29 is 8.81 Å². The summed E-state index contributed by atoms with van der Waals surface area (Å²) in [6, 6.07) is 3.22. The molecule has 0 saturated heterocycles. The number of aromatic nitrogens is 1. The first kappa shape index (κ1) is 7.28. The lowest BCUT2D eigenvalue weighted by Crippen LogP contribution is -1.79. The second-order valence-electron chi connectivity index (χ2n) is 2.83. The van der Waals surface area contributed by atoms with E-state index in [0.29, 0.717) is 17.0 Å². The molecule has 62 valence electrons. The van der Waals surface area contributed by atoms with Gasteiger partial charge in [-0.25, -0.2) is 9.37 Å². The van der Waals surface area contributed by atoms with Gasteiger partial charge in [-0.2, -0.15) is 0 Å². The molecule has 0 spiro atoms. The summed E-state index contributed by atoms with van der Waals surface area (Å²) in [4.78, 5) is 3.91. The Morgan fingerprint density at radius 2 is 2.08 bits per heavy atom. The zero-order chi connectivity index (χ0) is 8.72. The Kier molecular flexibility index (Phi) is 1.40. The van der Waals surface area contributed by atoms with Crippen LogP contribution in [0.25, 0.3) is 11.1 Å². The zero-order valence-corrected chi connectivity index (χ0v) is 6.89. The molecule has 0 fully saturated rings. The predicted molar refractivity (Wildman–Crippen MR) is 43.4 cm³/mol. The molecule has 2 rings (SSSR count). The van der Waals surface area contributed by atoms with Crippen LogP contribution >= 0.6 is 0 Å². The normalized spacial score (nSPS) is 10.9. The monoisotopic (exact) mass is 165 g/mol. The molecule has 3 heteroatoms. The van der Waals surface area contributed by atoms with Gasteiger partial charge in [-0.05, 0) is 24.6 Å². The largest absolute Gasteiger partial charge is 0.441 e. The molecule has 0 atom stereocenters. The van der Waals surface area contributed by atoms with E-state index < -0.39 is 0 Å². The third-order valence-electron chi connectivity index (χ3n) is 1.70. The fraction of sp³-hybridized carbons (Fsp3) is 0.222. The maximum absolute atomic E-state index is 13.1. The van der Waals surface area contributed by atoms with E-state index in [4.69, 9.17) is 4.42 Å². The second kappa shape index (κ2) is 2.30. The van der Waals surface area contributed by atoms with Crippen molar-refractivity contribution >= 4 is 11.1 Å². The molecule has 0 saturated carbocycles. The summed E-state index contributed by atoms with van der Waals surface area (Å²) in [5.74, 6) is 0.177. The van der Waals surface area contributed by atoms with Crippen LogP contribution in [0.5, 0.6) is 0 Å². The van der Waals surface area contributed by atoms with Crippen LogP contribution in [-0.2, 0) is 0 Å². The summed E-state index contributed by atoms with van der Waals surface area (Å²) in [5.41, 5.74) is 1.68. The minimum absolute atomic E-state index is 0.318. The van der Waals surface area contributed by atoms with Gasteiger partial charge in [0.2, 0.25) is 0 Å². The highest BCUT2D eigenvalue weighted by atomic mass is 19.1. The number of aryl methyl sites for hydroxylation is 2. The molecule has 1 heterocycles. The van der Waals surface area contributed by atoms with Crippen LogP contribution in [0.15, 0.2) is 16.5 Å². The van der Waals surface area contributed by atoms with Crippen molar-refractivity contribution in [1.29, 1.82) is 0 Å². The molecule has 0 aliphatic heterocycles. The van der Waals surface area contributed by atoms with Crippen LogP contribution in [0.3, 0.4) is 0 Å². The quantitative estimate of drug-likeness (QED) is 0.599. The third kappa shape index (κ3) is 0.978. The van der Waals surface area contributed by atoms with Gasteiger partial charge in [-0.15, -0.1) is 0 Å². The molecular weight excluding hydrogens is 157 g/mol. The second-order valence-corrected chi connectivity index (χ2v) is 2.83. The van der Waals surface area contributed by atoms with Crippen molar-refractivity contribution in [1.82, 2.24) is 4.98 Å². The summed E-state index contributed by atoms with van der Waals surface area (Å²) in [6.45, 7) is 3.52. The number of fused-ring (bicyclic) bond motifs is 1. The molecule has 1 aromatic carbocycles. The molecule has 0 aliphatic carbocycles. The van der Waals surface area contributed by atoms with Crippen molar-refractivity contribution in [2.75, 3.05) is 0 Å². The minimum atomic E-state index is -0.318. The van der Waals surface area contributed by atoms with E-state index in [-0.39, 0.29) is 5.82 Å². The highest BCUT2D eigenvalue weighted by molar-refractivity contribution is 5.74. The Balaban J connectivity index is 2.88. The van der Waals surface area contributed by atoms with Crippen molar-refractivity contribution in [3.63, 3.8) is 0 Å². The standard InChI is InChI=1S/C9H8FNO/c1-5-3-7(10)9-8(4-5)12-6(2)11-9/h3-4H,1-2H3. The molecule has 1 aromatic heterocycles. The van der Waals surface area contributed by atoms with Gasteiger partial charge in [0.25, 0.3) is 0 Å². The molecular formula is C9H8FNO. The number of hydrogen-bond acceptors (Lipinski definition) is 2. The van der Waals surface area contributed by atoms with E-state index in [0.717, 1.165) is 5.56 Å².